The molecule has 0 spiro atoms. The summed E-state index contributed by atoms with van der Waals surface area (Å²) in [6, 6.07) is 7.20. The number of phenols is 1. The van der Waals surface area contributed by atoms with Gasteiger partial charge in [-0.05, 0) is 48.1 Å². The maximum Gasteiger partial charge on any atom is 0.159 e. The molecule has 17 heavy (non-hydrogen) atoms. The summed E-state index contributed by atoms with van der Waals surface area (Å²) in [6.07, 6.45) is 6.41. The van der Waals surface area contributed by atoms with Crippen molar-refractivity contribution in [2.24, 2.45) is 11.8 Å². The second-order valence-corrected chi connectivity index (χ2v) is 5.05. The summed E-state index contributed by atoms with van der Waals surface area (Å²) in [5.74, 6) is 1.23. The SMILES string of the molecule is O=C1C=C(c2ccc(O)cc2)C2CCCCC12. The van der Waals surface area contributed by atoms with Crippen LogP contribution in [0.15, 0.2) is 30.3 Å². The van der Waals surface area contributed by atoms with Crippen molar-refractivity contribution in [1.29, 1.82) is 0 Å². The Morgan fingerprint density at radius 3 is 2.35 bits per heavy atom. The molecule has 2 unspecified atom stereocenters. The van der Waals surface area contributed by atoms with Crippen LogP contribution in [-0.2, 0) is 4.79 Å². The minimum atomic E-state index is 0.229. The van der Waals surface area contributed by atoms with Gasteiger partial charge in [0.25, 0.3) is 0 Å². The Bertz CT molecular complexity index is 470. The maximum absolute atomic E-state index is 11.9. The third-order valence-corrected chi connectivity index (χ3v) is 4.03. The summed E-state index contributed by atoms with van der Waals surface area (Å²) < 4.78 is 0. The van der Waals surface area contributed by atoms with Crippen LogP contribution in [0.3, 0.4) is 0 Å². The molecule has 1 fully saturated rings. The number of fused-ring (bicyclic) bond motifs is 1. The first-order chi connectivity index (χ1) is 8.25. The molecule has 1 N–H and O–H groups in total. The van der Waals surface area contributed by atoms with E-state index in [1.165, 1.54) is 18.4 Å². The van der Waals surface area contributed by atoms with Crippen LogP contribution in [0, 0.1) is 11.8 Å². The van der Waals surface area contributed by atoms with Gasteiger partial charge in [-0.25, -0.2) is 0 Å². The van der Waals surface area contributed by atoms with Crippen molar-refractivity contribution in [3.8, 4) is 5.75 Å². The van der Waals surface area contributed by atoms with Gasteiger partial charge >= 0.3 is 0 Å². The molecule has 0 aromatic heterocycles. The first-order valence-electron chi connectivity index (χ1n) is 6.30. The number of benzene rings is 1. The third-order valence-electron chi connectivity index (χ3n) is 4.03. The van der Waals surface area contributed by atoms with Crippen LogP contribution in [-0.4, -0.2) is 10.9 Å². The Labute approximate surface area is 101 Å². The molecule has 0 saturated heterocycles. The van der Waals surface area contributed by atoms with E-state index in [1.54, 1.807) is 12.1 Å². The molecule has 2 nitrogen and oxygen atoms in total. The molecular weight excluding hydrogens is 212 g/mol. The third kappa shape index (κ3) is 1.78. The van der Waals surface area contributed by atoms with Gasteiger partial charge in [0.15, 0.2) is 5.78 Å². The molecule has 0 aliphatic heterocycles. The van der Waals surface area contributed by atoms with Crippen LogP contribution in [0.4, 0.5) is 0 Å². The lowest BCUT2D eigenvalue weighted by molar-refractivity contribution is -0.119. The summed E-state index contributed by atoms with van der Waals surface area (Å²) in [6.45, 7) is 0. The van der Waals surface area contributed by atoms with Crippen molar-refractivity contribution in [3.05, 3.63) is 35.9 Å². The zero-order chi connectivity index (χ0) is 11.8. The zero-order valence-electron chi connectivity index (χ0n) is 9.73. The van der Waals surface area contributed by atoms with Gasteiger partial charge in [-0.3, -0.25) is 4.79 Å². The standard InChI is InChI=1S/C15H16O2/c16-11-7-5-10(6-8-11)14-9-15(17)13-4-2-1-3-12(13)14/h5-9,12-13,16H,1-4H2. The lowest BCUT2D eigenvalue weighted by atomic mass is 9.77. The minimum Gasteiger partial charge on any atom is -0.508 e. The van der Waals surface area contributed by atoms with Gasteiger partial charge < -0.3 is 5.11 Å². The van der Waals surface area contributed by atoms with Crippen molar-refractivity contribution in [2.75, 3.05) is 0 Å². The molecule has 0 radical (unpaired) electrons. The van der Waals surface area contributed by atoms with Gasteiger partial charge in [0.2, 0.25) is 0 Å². The molecule has 0 amide bonds. The van der Waals surface area contributed by atoms with E-state index >= 15 is 0 Å². The second kappa shape index (κ2) is 4.02. The molecule has 3 rings (SSSR count). The Balaban J connectivity index is 1.95. The highest BCUT2D eigenvalue weighted by atomic mass is 16.3. The molecule has 1 saturated carbocycles. The van der Waals surface area contributed by atoms with Crippen LogP contribution in [0.5, 0.6) is 5.75 Å². The van der Waals surface area contributed by atoms with Gasteiger partial charge in [-0.1, -0.05) is 25.0 Å². The van der Waals surface area contributed by atoms with Crippen LogP contribution in [0.25, 0.3) is 5.57 Å². The van der Waals surface area contributed by atoms with Crippen LogP contribution in [0.2, 0.25) is 0 Å². The largest absolute Gasteiger partial charge is 0.508 e. The van der Waals surface area contributed by atoms with Crippen molar-refractivity contribution in [1.82, 2.24) is 0 Å². The summed E-state index contributed by atoms with van der Waals surface area (Å²) in [7, 11) is 0. The van der Waals surface area contributed by atoms with Crippen LogP contribution < -0.4 is 0 Å². The average molecular weight is 228 g/mol. The van der Waals surface area contributed by atoms with Crippen LogP contribution >= 0.6 is 0 Å². The fourth-order valence-corrected chi connectivity index (χ4v) is 3.16. The number of aromatic hydroxyl groups is 1. The number of phenolic OH excluding ortho intramolecular Hbond substituents is 1. The molecular formula is C15H16O2. The van der Waals surface area contributed by atoms with Crippen molar-refractivity contribution >= 4 is 11.4 Å². The van der Waals surface area contributed by atoms with E-state index in [0.717, 1.165) is 18.4 Å². The predicted molar refractivity (Wildman–Crippen MR) is 66.5 cm³/mol. The molecule has 2 heteroatoms. The minimum absolute atomic E-state index is 0.229. The summed E-state index contributed by atoms with van der Waals surface area (Å²) >= 11 is 0. The average Bonchev–Trinajstić information content (AvgIpc) is 2.69. The number of rotatable bonds is 1. The number of hydrogen-bond donors (Lipinski definition) is 1. The van der Waals surface area contributed by atoms with Gasteiger partial charge in [-0.2, -0.15) is 0 Å². The van der Waals surface area contributed by atoms with Crippen molar-refractivity contribution in [3.63, 3.8) is 0 Å². The van der Waals surface area contributed by atoms with E-state index in [1.807, 2.05) is 18.2 Å². The Morgan fingerprint density at radius 2 is 1.65 bits per heavy atom. The van der Waals surface area contributed by atoms with Gasteiger partial charge in [0.05, 0.1) is 0 Å². The molecule has 1 aromatic rings. The summed E-state index contributed by atoms with van der Waals surface area (Å²) in [4.78, 5) is 11.9. The number of ketones is 1. The highest BCUT2D eigenvalue weighted by molar-refractivity contribution is 6.04. The normalized spacial score (nSPS) is 27.8. The summed E-state index contributed by atoms with van der Waals surface area (Å²) in [5.41, 5.74) is 2.27. The highest BCUT2D eigenvalue weighted by Crippen LogP contribution is 2.44. The lowest BCUT2D eigenvalue weighted by Gasteiger charge is -2.26. The van der Waals surface area contributed by atoms with Crippen molar-refractivity contribution in [2.45, 2.75) is 25.7 Å². The second-order valence-electron chi connectivity index (χ2n) is 5.05. The fraction of sp³-hybridized carbons (Fsp3) is 0.400. The van der Waals surface area contributed by atoms with Gasteiger partial charge in [0, 0.05) is 5.92 Å². The van der Waals surface area contributed by atoms with Gasteiger partial charge in [-0.15, -0.1) is 0 Å². The smallest absolute Gasteiger partial charge is 0.159 e. The molecule has 88 valence electrons. The quantitative estimate of drug-likeness (QED) is 0.801. The lowest BCUT2D eigenvalue weighted by Crippen LogP contribution is -2.20. The first-order valence-corrected chi connectivity index (χ1v) is 6.30. The van der Waals surface area contributed by atoms with E-state index in [-0.39, 0.29) is 11.7 Å². The molecule has 1 aromatic carbocycles. The molecule has 2 aliphatic carbocycles. The Kier molecular flexibility index (Phi) is 2.50. The maximum atomic E-state index is 11.9. The van der Waals surface area contributed by atoms with E-state index in [2.05, 4.69) is 0 Å². The number of carbonyl (C=O) groups is 1. The summed E-state index contributed by atoms with van der Waals surface area (Å²) in [5, 5.41) is 9.30. The monoisotopic (exact) mass is 228 g/mol. The molecule has 0 heterocycles. The Hall–Kier alpha value is -1.57. The van der Waals surface area contributed by atoms with Crippen LogP contribution in [0.1, 0.15) is 31.2 Å². The van der Waals surface area contributed by atoms with E-state index in [9.17, 15) is 9.90 Å². The zero-order valence-corrected chi connectivity index (χ0v) is 9.73. The predicted octanol–water partition coefficient (Wildman–Crippen LogP) is 3.16. The highest BCUT2D eigenvalue weighted by Gasteiger charge is 2.37. The number of hydrogen-bond acceptors (Lipinski definition) is 2. The van der Waals surface area contributed by atoms with E-state index in [4.69, 9.17) is 0 Å². The van der Waals surface area contributed by atoms with E-state index < -0.39 is 0 Å². The Morgan fingerprint density at radius 1 is 1.00 bits per heavy atom. The van der Waals surface area contributed by atoms with E-state index in [0.29, 0.717) is 11.7 Å². The molecule has 2 aliphatic rings. The van der Waals surface area contributed by atoms with Gasteiger partial charge in [0.1, 0.15) is 5.75 Å². The molecule has 0 bridgehead atoms. The first kappa shape index (κ1) is 10.6. The number of carbonyl (C=O) groups excluding carboxylic acids is 1. The number of allylic oxidation sites excluding steroid dienone is 2. The van der Waals surface area contributed by atoms with Crippen molar-refractivity contribution < 1.29 is 9.90 Å². The fourth-order valence-electron chi connectivity index (χ4n) is 3.16. The topological polar surface area (TPSA) is 37.3 Å². The molecule has 2 atom stereocenters.